The highest BCUT2D eigenvalue weighted by Crippen LogP contribution is 2.20. The van der Waals surface area contributed by atoms with Crippen LogP contribution in [0.1, 0.15) is 90.9 Å². The van der Waals surface area contributed by atoms with Crippen molar-refractivity contribution in [2.45, 2.75) is 90.9 Å². The zero-order chi connectivity index (χ0) is 14.6. The average molecular weight is 281 g/mol. The van der Waals surface area contributed by atoms with Gasteiger partial charge in [-0.2, -0.15) is 0 Å². The van der Waals surface area contributed by atoms with Gasteiger partial charge in [-0.3, -0.25) is 4.79 Å². The molecule has 0 heterocycles. The molecule has 0 atom stereocenters. The number of rotatable bonds is 3. The van der Waals surface area contributed by atoms with Gasteiger partial charge in [0, 0.05) is 12.5 Å². The molecule has 1 aliphatic rings. The van der Waals surface area contributed by atoms with Crippen LogP contribution in [0, 0.1) is 11.8 Å². The number of nitrogens with one attached hydrogen (secondary N) is 1. The normalized spacial score (nSPS) is 20.8. The molecule has 0 aromatic heterocycles. The molecule has 0 saturated heterocycles. The van der Waals surface area contributed by atoms with Crippen molar-refractivity contribution in [1.82, 2.24) is 5.32 Å². The van der Waals surface area contributed by atoms with Crippen LogP contribution >= 0.6 is 0 Å². The molecule has 0 unspecified atom stereocenters. The van der Waals surface area contributed by atoms with Gasteiger partial charge in [-0.15, -0.1) is 0 Å². The molecule has 0 aromatic rings. The Morgan fingerprint density at radius 3 is 1.65 bits per heavy atom. The fraction of sp³-hybridized carbons (Fsp3) is 0.944. The second-order valence-electron chi connectivity index (χ2n) is 6.88. The molecule has 2 nitrogen and oxygen atoms in total. The fourth-order valence-corrected chi connectivity index (χ4v) is 3.08. The molecule has 0 spiro atoms. The minimum absolute atomic E-state index is 0.116. The maximum atomic E-state index is 11.7. The van der Waals surface area contributed by atoms with Crippen LogP contribution in [0.2, 0.25) is 0 Å². The molecule has 0 radical (unpaired) electrons. The van der Waals surface area contributed by atoms with Gasteiger partial charge in [0.05, 0.1) is 0 Å². The molecule has 1 amide bonds. The Hall–Kier alpha value is -0.530. The van der Waals surface area contributed by atoms with Crippen molar-refractivity contribution in [2.24, 2.45) is 11.8 Å². The van der Waals surface area contributed by atoms with Crippen molar-refractivity contribution < 1.29 is 4.79 Å². The molecule has 1 saturated carbocycles. The Morgan fingerprint density at radius 2 is 1.25 bits per heavy atom. The highest BCUT2D eigenvalue weighted by molar-refractivity contribution is 5.77. The molecule has 0 aliphatic heterocycles. The highest BCUT2D eigenvalue weighted by Gasteiger charge is 2.12. The molecule has 2 heteroatoms. The van der Waals surface area contributed by atoms with E-state index in [0.717, 1.165) is 6.54 Å². The maximum absolute atomic E-state index is 11.7. The average Bonchev–Trinajstić information content (AvgIpc) is 2.45. The molecule has 118 valence electrons. The number of hydrogen-bond acceptors (Lipinski definition) is 1. The Balaban J connectivity index is 2.30. The minimum Gasteiger partial charge on any atom is -0.356 e. The summed E-state index contributed by atoms with van der Waals surface area (Å²) in [7, 11) is 0. The molecule has 1 N–H and O–H groups in total. The Kier molecular flexibility index (Phi) is 9.78. The van der Waals surface area contributed by atoms with Crippen molar-refractivity contribution in [2.75, 3.05) is 6.54 Å². The third-order valence-electron chi connectivity index (χ3n) is 4.56. The number of carbonyl (C=O) groups excluding carboxylic acids is 1. The first-order valence-electron chi connectivity index (χ1n) is 8.98. The first kappa shape index (κ1) is 17.5. The van der Waals surface area contributed by atoms with Crippen molar-refractivity contribution in [3.8, 4) is 0 Å². The summed E-state index contributed by atoms with van der Waals surface area (Å²) in [5.74, 6) is 1.04. The van der Waals surface area contributed by atoms with Crippen molar-refractivity contribution >= 4 is 5.91 Å². The molecule has 0 bridgehead atoms. The van der Waals surface area contributed by atoms with Gasteiger partial charge >= 0.3 is 0 Å². The summed E-state index contributed by atoms with van der Waals surface area (Å²) in [6, 6.07) is 0. The molecule has 1 aliphatic carbocycles. The molecule has 1 fully saturated rings. The van der Waals surface area contributed by atoms with E-state index >= 15 is 0 Å². The molecular formula is C18H35NO. The second kappa shape index (κ2) is 11.2. The van der Waals surface area contributed by atoms with E-state index in [1.807, 2.05) is 13.8 Å². The van der Waals surface area contributed by atoms with Crippen LogP contribution in [0.3, 0.4) is 0 Å². The van der Waals surface area contributed by atoms with Crippen molar-refractivity contribution in [3.05, 3.63) is 0 Å². The van der Waals surface area contributed by atoms with E-state index in [1.54, 1.807) is 0 Å². The van der Waals surface area contributed by atoms with Gasteiger partial charge in [0.1, 0.15) is 0 Å². The third-order valence-corrected chi connectivity index (χ3v) is 4.56. The smallest absolute Gasteiger partial charge is 0.222 e. The van der Waals surface area contributed by atoms with E-state index in [1.165, 1.54) is 77.0 Å². The lowest BCUT2D eigenvalue weighted by Gasteiger charge is -2.18. The number of hydrogen-bond donors (Lipinski definition) is 1. The van der Waals surface area contributed by atoms with Gasteiger partial charge in [0.15, 0.2) is 0 Å². The fourth-order valence-electron chi connectivity index (χ4n) is 3.08. The standard InChI is InChI=1S/C18H35NO/c1-16(2)18(20)19-15-17-13-11-9-7-5-3-4-6-8-10-12-14-17/h16-17H,3-15H2,1-2H3,(H,19,20). The Bertz CT molecular complexity index is 236. The van der Waals surface area contributed by atoms with Gasteiger partial charge in [-0.25, -0.2) is 0 Å². The number of amides is 1. The quantitative estimate of drug-likeness (QED) is 0.769. The molecule has 20 heavy (non-hydrogen) atoms. The van der Waals surface area contributed by atoms with Crippen LogP contribution in [0.5, 0.6) is 0 Å². The first-order chi connectivity index (χ1) is 9.70. The van der Waals surface area contributed by atoms with Gasteiger partial charge in [-0.05, 0) is 18.8 Å². The lowest BCUT2D eigenvalue weighted by atomic mass is 9.94. The lowest BCUT2D eigenvalue weighted by Crippen LogP contribution is -2.32. The van der Waals surface area contributed by atoms with E-state index in [-0.39, 0.29) is 11.8 Å². The first-order valence-corrected chi connectivity index (χ1v) is 8.98. The van der Waals surface area contributed by atoms with Crippen LogP contribution < -0.4 is 5.32 Å². The van der Waals surface area contributed by atoms with Crippen LogP contribution in [0.15, 0.2) is 0 Å². The van der Waals surface area contributed by atoms with Crippen molar-refractivity contribution in [1.29, 1.82) is 0 Å². The lowest BCUT2D eigenvalue weighted by molar-refractivity contribution is -0.124. The van der Waals surface area contributed by atoms with E-state index < -0.39 is 0 Å². The van der Waals surface area contributed by atoms with Gasteiger partial charge < -0.3 is 5.32 Å². The zero-order valence-electron chi connectivity index (χ0n) is 13.8. The third kappa shape index (κ3) is 8.60. The summed E-state index contributed by atoms with van der Waals surface area (Å²) in [5.41, 5.74) is 0. The Morgan fingerprint density at radius 1 is 0.850 bits per heavy atom. The largest absolute Gasteiger partial charge is 0.356 e. The van der Waals surface area contributed by atoms with Crippen LogP contribution in [0.4, 0.5) is 0 Å². The van der Waals surface area contributed by atoms with E-state index in [2.05, 4.69) is 5.32 Å². The van der Waals surface area contributed by atoms with E-state index in [4.69, 9.17) is 0 Å². The predicted molar refractivity (Wildman–Crippen MR) is 86.7 cm³/mol. The molecular weight excluding hydrogens is 246 g/mol. The van der Waals surface area contributed by atoms with Crippen LogP contribution in [-0.4, -0.2) is 12.5 Å². The summed E-state index contributed by atoms with van der Waals surface area (Å²) < 4.78 is 0. The SMILES string of the molecule is CC(C)C(=O)NCC1CCCCCCCCCCCC1. The second-order valence-corrected chi connectivity index (χ2v) is 6.88. The van der Waals surface area contributed by atoms with Crippen molar-refractivity contribution in [3.63, 3.8) is 0 Å². The molecule has 0 aromatic carbocycles. The van der Waals surface area contributed by atoms with Crippen LogP contribution in [0.25, 0.3) is 0 Å². The zero-order valence-corrected chi connectivity index (χ0v) is 13.8. The summed E-state index contributed by atoms with van der Waals surface area (Å²) in [4.78, 5) is 11.7. The predicted octanol–water partition coefficient (Wildman–Crippen LogP) is 5.07. The minimum atomic E-state index is 0.116. The molecule has 1 rings (SSSR count). The van der Waals surface area contributed by atoms with Gasteiger partial charge in [-0.1, -0.05) is 78.1 Å². The van der Waals surface area contributed by atoms with Crippen LogP contribution in [-0.2, 0) is 4.79 Å². The summed E-state index contributed by atoms with van der Waals surface area (Å²) >= 11 is 0. The van der Waals surface area contributed by atoms with E-state index in [0.29, 0.717) is 5.92 Å². The van der Waals surface area contributed by atoms with Gasteiger partial charge in [0.2, 0.25) is 5.91 Å². The monoisotopic (exact) mass is 281 g/mol. The number of carbonyl (C=O) groups is 1. The maximum Gasteiger partial charge on any atom is 0.222 e. The summed E-state index contributed by atoms with van der Waals surface area (Å²) in [6.45, 7) is 4.84. The topological polar surface area (TPSA) is 29.1 Å². The Labute approximate surface area is 126 Å². The van der Waals surface area contributed by atoms with E-state index in [9.17, 15) is 4.79 Å². The highest BCUT2D eigenvalue weighted by atomic mass is 16.1. The summed E-state index contributed by atoms with van der Waals surface area (Å²) in [5, 5.41) is 3.14. The van der Waals surface area contributed by atoms with Gasteiger partial charge in [0.25, 0.3) is 0 Å². The summed E-state index contributed by atoms with van der Waals surface area (Å²) in [6.07, 6.45) is 16.6.